The van der Waals surface area contributed by atoms with E-state index in [4.69, 9.17) is 0 Å². The van der Waals surface area contributed by atoms with E-state index in [-0.39, 0.29) is 36.9 Å². The van der Waals surface area contributed by atoms with Gasteiger partial charge in [0, 0.05) is 31.3 Å². The first-order chi connectivity index (χ1) is 12.5. The van der Waals surface area contributed by atoms with Gasteiger partial charge in [0.05, 0.1) is 6.10 Å². The zero-order chi connectivity index (χ0) is 18.5. The van der Waals surface area contributed by atoms with E-state index in [1.807, 2.05) is 30.3 Å². The fraction of sp³-hybridized carbons (Fsp3) is 0.421. The number of amides is 1. The Bertz CT molecular complexity index is 853. The van der Waals surface area contributed by atoms with Gasteiger partial charge in [-0.15, -0.1) is 0 Å². The lowest BCUT2D eigenvalue weighted by atomic mass is 9.75. The van der Waals surface area contributed by atoms with Crippen LogP contribution in [-0.2, 0) is 17.8 Å². The van der Waals surface area contributed by atoms with Crippen molar-refractivity contribution in [3.05, 3.63) is 69.0 Å². The molecule has 0 spiro atoms. The highest BCUT2D eigenvalue weighted by Crippen LogP contribution is 2.31. The van der Waals surface area contributed by atoms with E-state index in [0.29, 0.717) is 19.3 Å². The monoisotopic (exact) mass is 357 g/mol. The number of nitrogens with one attached hydrogen (secondary N) is 2. The first kappa shape index (κ1) is 18.1. The molecule has 138 valence electrons. The van der Waals surface area contributed by atoms with Crippen molar-refractivity contribution in [2.75, 3.05) is 0 Å². The van der Waals surface area contributed by atoms with Crippen molar-refractivity contribution in [3.8, 4) is 0 Å². The molecular weight excluding hydrogens is 334 g/mol. The number of aromatic amines is 1. The Kier molecular flexibility index (Phi) is 5.68. The van der Waals surface area contributed by atoms with E-state index in [0.717, 1.165) is 5.56 Å². The lowest BCUT2D eigenvalue weighted by Gasteiger charge is -2.38. The minimum absolute atomic E-state index is 0.0411. The number of hydrogen-bond acceptors (Lipinski definition) is 4. The molecule has 1 aliphatic carbocycles. The Hall–Kier alpha value is -2.67. The second-order valence-corrected chi connectivity index (χ2v) is 6.80. The molecule has 1 heterocycles. The minimum Gasteiger partial charge on any atom is -0.393 e. The first-order valence-corrected chi connectivity index (χ1v) is 8.82. The number of aryl methyl sites for hydroxylation is 1. The zero-order valence-electron chi connectivity index (χ0n) is 14.4. The maximum Gasteiger partial charge on any atom is 0.328 e. The third kappa shape index (κ3) is 4.70. The van der Waals surface area contributed by atoms with E-state index >= 15 is 0 Å². The highest BCUT2D eigenvalue weighted by Gasteiger charge is 2.34. The molecule has 1 fully saturated rings. The number of carbonyl (C=O) groups is 1. The van der Waals surface area contributed by atoms with Crippen LogP contribution in [0, 0.1) is 5.92 Å². The van der Waals surface area contributed by atoms with E-state index in [1.54, 1.807) is 0 Å². The Morgan fingerprint density at radius 3 is 2.62 bits per heavy atom. The number of nitrogens with zero attached hydrogens (tertiary/aromatic N) is 1. The van der Waals surface area contributed by atoms with Crippen LogP contribution in [0.5, 0.6) is 0 Å². The van der Waals surface area contributed by atoms with Crippen LogP contribution in [0.15, 0.2) is 52.2 Å². The van der Waals surface area contributed by atoms with E-state index < -0.39 is 11.2 Å². The second-order valence-electron chi connectivity index (χ2n) is 6.80. The molecule has 0 radical (unpaired) electrons. The number of aliphatic hydroxyl groups is 1. The van der Waals surface area contributed by atoms with Crippen LogP contribution in [-0.4, -0.2) is 32.7 Å². The number of benzene rings is 1. The van der Waals surface area contributed by atoms with Gasteiger partial charge in [-0.1, -0.05) is 30.3 Å². The molecule has 3 N–H and O–H groups in total. The van der Waals surface area contributed by atoms with Crippen LogP contribution in [0.3, 0.4) is 0 Å². The summed E-state index contributed by atoms with van der Waals surface area (Å²) in [6.07, 6.45) is 3.34. The van der Waals surface area contributed by atoms with Crippen molar-refractivity contribution in [2.45, 2.75) is 44.4 Å². The summed E-state index contributed by atoms with van der Waals surface area (Å²) in [7, 11) is 0. The summed E-state index contributed by atoms with van der Waals surface area (Å²) < 4.78 is 1.31. The molecular formula is C19H23N3O4. The predicted molar refractivity (Wildman–Crippen MR) is 96.7 cm³/mol. The van der Waals surface area contributed by atoms with Gasteiger partial charge in [-0.2, -0.15) is 0 Å². The topological polar surface area (TPSA) is 104 Å². The van der Waals surface area contributed by atoms with Gasteiger partial charge < -0.3 is 15.0 Å². The molecule has 7 nitrogen and oxygen atoms in total. The fourth-order valence-electron chi connectivity index (χ4n) is 3.28. The molecule has 1 amide bonds. The Morgan fingerprint density at radius 2 is 1.96 bits per heavy atom. The summed E-state index contributed by atoms with van der Waals surface area (Å²) in [5.41, 5.74) is 0.159. The molecule has 0 bridgehead atoms. The molecule has 1 atom stereocenters. The molecule has 1 aliphatic rings. The van der Waals surface area contributed by atoms with E-state index in [2.05, 4.69) is 10.3 Å². The fourth-order valence-corrected chi connectivity index (χ4v) is 3.28. The average molecular weight is 357 g/mol. The van der Waals surface area contributed by atoms with Crippen molar-refractivity contribution in [1.29, 1.82) is 0 Å². The largest absolute Gasteiger partial charge is 0.393 e. The molecule has 1 aromatic heterocycles. The summed E-state index contributed by atoms with van der Waals surface area (Å²) in [5.74, 6) is 0.107. The highest BCUT2D eigenvalue weighted by molar-refractivity contribution is 5.76. The molecule has 26 heavy (non-hydrogen) atoms. The van der Waals surface area contributed by atoms with Crippen LogP contribution in [0.4, 0.5) is 0 Å². The standard InChI is InChI=1S/C19H23N3O4/c23-15-11-14(12-15)16(10-13-4-2-1-3-5-13)20-17(24)6-8-22-9-7-18(25)21-19(22)26/h1-5,7,9,14-16,23H,6,8,10-12H2,(H,20,24)(H,21,25,26). The molecule has 1 unspecified atom stereocenters. The number of rotatable bonds is 7. The summed E-state index contributed by atoms with van der Waals surface area (Å²) >= 11 is 0. The van der Waals surface area contributed by atoms with Gasteiger partial charge in [-0.05, 0) is 30.7 Å². The smallest absolute Gasteiger partial charge is 0.328 e. The van der Waals surface area contributed by atoms with E-state index in [9.17, 15) is 19.5 Å². The highest BCUT2D eigenvalue weighted by atomic mass is 16.3. The van der Waals surface area contributed by atoms with Crippen LogP contribution in [0.25, 0.3) is 0 Å². The lowest BCUT2D eigenvalue weighted by Crippen LogP contribution is -2.48. The van der Waals surface area contributed by atoms with Gasteiger partial charge in [0.25, 0.3) is 5.56 Å². The third-order valence-corrected chi connectivity index (χ3v) is 4.84. The third-order valence-electron chi connectivity index (χ3n) is 4.84. The van der Waals surface area contributed by atoms with Crippen LogP contribution in [0.1, 0.15) is 24.8 Å². The number of H-pyrrole nitrogens is 1. The maximum atomic E-state index is 12.4. The SMILES string of the molecule is O=C(CCn1ccc(=O)[nH]c1=O)NC(Cc1ccccc1)C1CC(O)C1. The van der Waals surface area contributed by atoms with Gasteiger partial charge in [0.1, 0.15) is 0 Å². The molecule has 7 heteroatoms. The van der Waals surface area contributed by atoms with Crippen LogP contribution < -0.4 is 16.6 Å². The Morgan fingerprint density at radius 1 is 1.23 bits per heavy atom. The molecule has 1 saturated carbocycles. The molecule has 3 rings (SSSR count). The summed E-state index contributed by atoms with van der Waals surface area (Å²) in [6, 6.07) is 11.1. The van der Waals surface area contributed by atoms with Crippen molar-refractivity contribution < 1.29 is 9.90 Å². The zero-order valence-corrected chi connectivity index (χ0v) is 14.4. The normalized spacial score (nSPS) is 20.2. The minimum atomic E-state index is -0.520. The summed E-state index contributed by atoms with van der Waals surface area (Å²) in [5, 5.41) is 12.6. The summed E-state index contributed by atoms with van der Waals surface area (Å²) in [6.45, 7) is 0.201. The Labute approximate surface area is 150 Å². The summed E-state index contributed by atoms with van der Waals surface area (Å²) in [4.78, 5) is 37.3. The van der Waals surface area contributed by atoms with Crippen molar-refractivity contribution in [2.24, 2.45) is 5.92 Å². The second kappa shape index (κ2) is 8.14. The predicted octanol–water partition coefficient (Wildman–Crippen LogP) is 0.425. The van der Waals surface area contributed by atoms with Crippen LogP contribution in [0.2, 0.25) is 0 Å². The van der Waals surface area contributed by atoms with E-state index in [1.165, 1.54) is 16.8 Å². The van der Waals surface area contributed by atoms with Crippen molar-refractivity contribution in [1.82, 2.24) is 14.9 Å². The average Bonchev–Trinajstić information content (AvgIpc) is 2.58. The van der Waals surface area contributed by atoms with Gasteiger partial charge in [-0.3, -0.25) is 14.6 Å². The van der Waals surface area contributed by atoms with Crippen molar-refractivity contribution >= 4 is 5.91 Å². The van der Waals surface area contributed by atoms with Crippen LogP contribution >= 0.6 is 0 Å². The molecule has 0 aliphatic heterocycles. The van der Waals surface area contributed by atoms with Gasteiger partial charge in [-0.25, -0.2) is 4.79 Å². The van der Waals surface area contributed by atoms with Crippen molar-refractivity contribution in [3.63, 3.8) is 0 Å². The maximum absolute atomic E-state index is 12.4. The number of aliphatic hydroxyl groups excluding tert-OH is 1. The number of hydrogen-bond donors (Lipinski definition) is 3. The molecule has 2 aromatic rings. The van der Waals surface area contributed by atoms with Gasteiger partial charge >= 0.3 is 5.69 Å². The first-order valence-electron chi connectivity index (χ1n) is 8.82. The van der Waals surface area contributed by atoms with Gasteiger partial charge in [0.2, 0.25) is 5.91 Å². The van der Waals surface area contributed by atoms with Gasteiger partial charge in [0.15, 0.2) is 0 Å². The number of carbonyl (C=O) groups excluding carboxylic acids is 1. The lowest BCUT2D eigenvalue weighted by molar-refractivity contribution is -0.123. The molecule has 0 saturated heterocycles. The number of aromatic nitrogens is 2. The Balaban J connectivity index is 1.59. The molecule has 1 aromatic carbocycles. The quantitative estimate of drug-likeness (QED) is 0.668.